The smallest absolute Gasteiger partial charge is 0.237 e. The molecule has 1 aromatic heterocycles. The van der Waals surface area contributed by atoms with Crippen molar-refractivity contribution in [2.24, 2.45) is 11.7 Å². The molecule has 3 atom stereocenters. The number of aromatic nitrogens is 1. The van der Waals surface area contributed by atoms with Gasteiger partial charge in [-0.05, 0) is 61.9 Å². The average molecular weight is 503 g/mol. The van der Waals surface area contributed by atoms with E-state index in [2.05, 4.69) is 10.3 Å². The first kappa shape index (κ1) is 28.0. The lowest BCUT2D eigenvalue weighted by atomic mass is 9.96. The molecule has 1 fully saturated rings. The molecule has 1 aliphatic heterocycles. The van der Waals surface area contributed by atoms with Gasteiger partial charge in [-0.15, -0.1) is 24.8 Å². The molecule has 10 heteroatoms. The van der Waals surface area contributed by atoms with E-state index in [4.69, 9.17) is 23.1 Å². The lowest BCUT2D eigenvalue weighted by Crippen LogP contribution is -2.51. The lowest BCUT2D eigenvalue weighted by molar-refractivity contribution is -0.129. The van der Waals surface area contributed by atoms with Crippen LogP contribution in [-0.4, -0.2) is 40.3 Å². The van der Waals surface area contributed by atoms with E-state index >= 15 is 0 Å². The van der Waals surface area contributed by atoms with Gasteiger partial charge in [-0.3, -0.25) is 14.5 Å². The normalized spacial score (nSPS) is 18.8. The lowest BCUT2D eigenvalue weighted by Gasteiger charge is -2.28. The Balaban J connectivity index is 0.00000256. The molecular weight excluding hydrogens is 473 g/mol. The number of rotatable bonds is 7. The second kappa shape index (κ2) is 12.3. The predicted octanol–water partition coefficient (Wildman–Crippen LogP) is 2.89. The zero-order valence-corrected chi connectivity index (χ0v) is 20.5. The van der Waals surface area contributed by atoms with Gasteiger partial charge in [-0.25, -0.2) is 4.98 Å². The first-order chi connectivity index (χ1) is 14.2. The van der Waals surface area contributed by atoms with Crippen LogP contribution in [0.5, 0.6) is 0 Å². The molecule has 1 aromatic carbocycles. The summed E-state index contributed by atoms with van der Waals surface area (Å²) >= 11 is 6.09. The number of halogens is 3. The number of pyridine rings is 1. The van der Waals surface area contributed by atoms with Crippen LogP contribution in [0, 0.1) is 12.8 Å². The van der Waals surface area contributed by atoms with E-state index in [9.17, 15) is 9.59 Å². The number of nitrogens with two attached hydrogens (primary N) is 2. The highest BCUT2D eigenvalue weighted by atomic mass is 35.5. The Morgan fingerprint density at radius 2 is 2.00 bits per heavy atom. The van der Waals surface area contributed by atoms with Gasteiger partial charge in [-0.2, -0.15) is 0 Å². The van der Waals surface area contributed by atoms with Crippen molar-refractivity contribution in [2.75, 3.05) is 12.3 Å². The second-order valence-electron chi connectivity index (χ2n) is 7.93. The molecule has 32 heavy (non-hydrogen) atoms. The zero-order valence-electron chi connectivity index (χ0n) is 18.1. The highest BCUT2D eigenvalue weighted by Crippen LogP contribution is 2.29. The van der Waals surface area contributed by atoms with Crippen LogP contribution in [0.1, 0.15) is 30.2 Å². The highest BCUT2D eigenvalue weighted by Gasteiger charge is 2.40. The maximum Gasteiger partial charge on any atom is 0.237 e. The molecule has 2 aromatic rings. The van der Waals surface area contributed by atoms with Crippen molar-refractivity contribution in [3.63, 3.8) is 0 Å². The summed E-state index contributed by atoms with van der Waals surface area (Å²) in [5.41, 5.74) is 14.1. The largest absolute Gasteiger partial charge is 0.384 e. The van der Waals surface area contributed by atoms with E-state index in [-0.39, 0.29) is 36.6 Å². The van der Waals surface area contributed by atoms with E-state index in [0.717, 1.165) is 23.2 Å². The number of aryl methyl sites for hydroxylation is 1. The summed E-state index contributed by atoms with van der Waals surface area (Å²) in [5, 5.41) is 3.63. The van der Waals surface area contributed by atoms with Gasteiger partial charge in [0.25, 0.3) is 0 Å². The number of carbonyl (C=O) groups is 2. The molecule has 0 radical (unpaired) electrons. The average Bonchev–Trinajstić information content (AvgIpc) is 3.10. The molecule has 2 unspecified atom stereocenters. The number of primary amides is 1. The van der Waals surface area contributed by atoms with Crippen LogP contribution >= 0.6 is 36.4 Å². The van der Waals surface area contributed by atoms with Crippen LogP contribution in [-0.2, 0) is 22.6 Å². The molecular formula is C22H30Cl3N5O2. The van der Waals surface area contributed by atoms with Gasteiger partial charge in [0.1, 0.15) is 5.82 Å². The quantitative estimate of drug-likeness (QED) is 0.538. The van der Waals surface area contributed by atoms with E-state index in [1.54, 1.807) is 13.0 Å². The van der Waals surface area contributed by atoms with Crippen molar-refractivity contribution in [1.82, 2.24) is 15.2 Å². The fourth-order valence-electron chi connectivity index (χ4n) is 4.08. The van der Waals surface area contributed by atoms with Gasteiger partial charge in [0, 0.05) is 23.8 Å². The molecule has 1 saturated heterocycles. The maximum absolute atomic E-state index is 12.8. The first-order valence-electron chi connectivity index (χ1n) is 10.0. The van der Waals surface area contributed by atoms with Gasteiger partial charge < -0.3 is 16.8 Å². The number of benzene rings is 1. The molecule has 7 nitrogen and oxygen atoms in total. The fraction of sp³-hybridized carbons (Fsp3) is 0.409. The Morgan fingerprint density at radius 3 is 2.62 bits per heavy atom. The van der Waals surface area contributed by atoms with Gasteiger partial charge in [0.05, 0.1) is 12.1 Å². The van der Waals surface area contributed by atoms with Crippen LogP contribution < -0.4 is 16.8 Å². The summed E-state index contributed by atoms with van der Waals surface area (Å²) in [4.78, 5) is 31.0. The Morgan fingerprint density at radius 1 is 1.28 bits per heavy atom. The summed E-state index contributed by atoms with van der Waals surface area (Å²) in [5.74, 6) is 0.116. The van der Waals surface area contributed by atoms with E-state index < -0.39 is 18.0 Å². The molecule has 0 aliphatic carbocycles. The van der Waals surface area contributed by atoms with Crippen LogP contribution in [0.2, 0.25) is 5.02 Å². The van der Waals surface area contributed by atoms with Gasteiger partial charge in [-0.1, -0.05) is 29.8 Å². The van der Waals surface area contributed by atoms with Gasteiger partial charge in [0.15, 0.2) is 0 Å². The summed E-state index contributed by atoms with van der Waals surface area (Å²) in [6.07, 6.45) is 1.41. The standard InChI is InChI=1S/C22H28ClN5O2.2ClH/c1-13-17(6-7-20(24)27-13)11-26-22(30)14(2)28-12-16(10-19(28)21(25)29)8-15-4-3-5-18(23)9-15;;/h3-7,9,14,16,19H,8,10-12H2,1-2H3,(H2,24,27)(H2,25,29)(H,26,30);2*1H/t14-,16?,19?;;/m0../s1. The number of hydrogen-bond acceptors (Lipinski definition) is 5. The number of likely N-dealkylation sites (tertiary alicyclic amines) is 1. The van der Waals surface area contributed by atoms with Crippen molar-refractivity contribution in [3.8, 4) is 0 Å². The number of nitrogens with zero attached hydrogens (tertiary/aromatic N) is 2. The number of anilines is 1. The van der Waals surface area contributed by atoms with E-state index in [1.807, 2.05) is 42.2 Å². The van der Waals surface area contributed by atoms with E-state index in [1.165, 1.54) is 0 Å². The summed E-state index contributed by atoms with van der Waals surface area (Å²) in [6.45, 7) is 4.63. The number of nitrogens with one attached hydrogen (secondary N) is 1. The third-order valence-corrected chi connectivity index (χ3v) is 5.95. The highest BCUT2D eigenvalue weighted by molar-refractivity contribution is 6.30. The second-order valence-corrected chi connectivity index (χ2v) is 8.36. The Labute approximate surface area is 206 Å². The molecule has 2 heterocycles. The number of hydrogen-bond donors (Lipinski definition) is 3. The third kappa shape index (κ3) is 6.97. The fourth-order valence-corrected chi connectivity index (χ4v) is 4.29. The predicted molar refractivity (Wildman–Crippen MR) is 132 cm³/mol. The minimum absolute atomic E-state index is 0. The summed E-state index contributed by atoms with van der Waals surface area (Å²) < 4.78 is 0. The van der Waals surface area contributed by atoms with Crippen molar-refractivity contribution >= 4 is 54.0 Å². The van der Waals surface area contributed by atoms with Crippen molar-refractivity contribution in [2.45, 2.75) is 45.3 Å². The minimum Gasteiger partial charge on any atom is -0.384 e. The first-order valence-corrected chi connectivity index (χ1v) is 10.4. The summed E-state index contributed by atoms with van der Waals surface area (Å²) in [6, 6.07) is 10.3. The molecule has 0 spiro atoms. The van der Waals surface area contributed by atoms with Crippen LogP contribution in [0.25, 0.3) is 0 Å². The summed E-state index contributed by atoms with van der Waals surface area (Å²) in [7, 11) is 0. The number of carbonyl (C=O) groups excluding carboxylic acids is 2. The maximum atomic E-state index is 12.8. The topological polar surface area (TPSA) is 114 Å². The molecule has 0 bridgehead atoms. The third-order valence-electron chi connectivity index (χ3n) is 5.71. The van der Waals surface area contributed by atoms with Crippen molar-refractivity contribution in [1.29, 1.82) is 0 Å². The van der Waals surface area contributed by atoms with Gasteiger partial charge in [0.2, 0.25) is 11.8 Å². The minimum atomic E-state index is -0.478. The van der Waals surface area contributed by atoms with Gasteiger partial charge >= 0.3 is 0 Å². The van der Waals surface area contributed by atoms with Crippen LogP contribution in [0.3, 0.4) is 0 Å². The molecule has 5 N–H and O–H groups in total. The Kier molecular flexibility index (Phi) is 10.7. The van der Waals surface area contributed by atoms with E-state index in [0.29, 0.717) is 30.4 Å². The number of amides is 2. The molecule has 0 saturated carbocycles. The Bertz CT molecular complexity index is 944. The number of nitrogen functional groups attached to an aromatic ring is 1. The van der Waals surface area contributed by atoms with Crippen LogP contribution in [0.15, 0.2) is 36.4 Å². The van der Waals surface area contributed by atoms with Crippen molar-refractivity contribution < 1.29 is 9.59 Å². The van der Waals surface area contributed by atoms with Crippen molar-refractivity contribution in [3.05, 3.63) is 58.2 Å². The molecule has 1 aliphatic rings. The Hall–Kier alpha value is -2.06. The monoisotopic (exact) mass is 501 g/mol. The zero-order chi connectivity index (χ0) is 21.8. The molecule has 176 valence electrons. The molecule has 2 amide bonds. The SMILES string of the molecule is Cc1nc(N)ccc1CNC(=O)[C@H](C)N1CC(Cc2cccc(Cl)c2)CC1C(N)=O.Cl.Cl. The van der Waals surface area contributed by atoms with Crippen LogP contribution in [0.4, 0.5) is 5.82 Å². The molecule has 3 rings (SSSR count).